The number of hydrogen-bond acceptors (Lipinski definition) is 3. The Balaban J connectivity index is 2.71. The predicted octanol–water partition coefficient (Wildman–Crippen LogP) is 1.90. The number of benzene rings is 1. The standard InChI is InChI=1S/C11H15ClN2O2/c1-3-13-7-11(15)14-9-6-8(12)4-5-10(9)16-2/h4-6,13H,3,7H2,1-2H3,(H,14,15). The molecule has 1 aromatic rings. The summed E-state index contributed by atoms with van der Waals surface area (Å²) in [6.45, 7) is 2.96. The highest BCUT2D eigenvalue weighted by atomic mass is 35.5. The molecule has 0 aliphatic rings. The number of hydrogen-bond donors (Lipinski definition) is 2. The van der Waals surface area contributed by atoms with Gasteiger partial charge in [0, 0.05) is 5.02 Å². The number of ether oxygens (including phenoxy) is 1. The second-order valence-electron chi connectivity index (χ2n) is 3.17. The Morgan fingerprint density at radius 2 is 2.25 bits per heavy atom. The normalized spacial score (nSPS) is 9.94. The van der Waals surface area contributed by atoms with Crippen LogP contribution >= 0.6 is 11.6 Å². The lowest BCUT2D eigenvalue weighted by Crippen LogP contribution is -2.27. The highest BCUT2D eigenvalue weighted by Crippen LogP contribution is 2.27. The van der Waals surface area contributed by atoms with Gasteiger partial charge in [-0.15, -0.1) is 0 Å². The van der Waals surface area contributed by atoms with Crippen molar-refractivity contribution in [2.24, 2.45) is 0 Å². The van der Waals surface area contributed by atoms with E-state index in [0.29, 0.717) is 16.5 Å². The second-order valence-corrected chi connectivity index (χ2v) is 3.61. The molecule has 16 heavy (non-hydrogen) atoms. The van der Waals surface area contributed by atoms with Crippen LogP contribution in [0.3, 0.4) is 0 Å². The average Bonchev–Trinajstić information content (AvgIpc) is 2.27. The zero-order chi connectivity index (χ0) is 12.0. The van der Waals surface area contributed by atoms with Crippen LogP contribution in [-0.2, 0) is 4.79 Å². The smallest absolute Gasteiger partial charge is 0.238 e. The van der Waals surface area contributed by atoms with Crippen molar-refractivity contribution in [2.75, 3.05) is 25.5 Å². The van der Waals surface area contributed by atoms with E-state index in [1.165, 1.54) is 0 Å². The zero-order valence-corrected chi connectivity index (χ0v) is 10.1. The van der Waals surface area contributed by atoms with Gasteiger partial charge in [0.2, 0.25) is 5.91 Å². The van der Waals surface area contributed by atoms with Gasteiger partial charge in [-0.3, -0.25) is 4.79 Å². The van der Waals surface area contributed by atoms with Gasteiger partial charge in [0.1, 0.15) is 5.75 Å². The first-order valence-corrected chi connectivity index (χ1v) is 5.39. The van der Waals surface area contributed by atoms with E-state index < -0.39 is 0 Å². The highest BCUT2D eigenvalue weighted by molar-refractivity contribution is 6.31. The molecule has 0 heterocycles. The minimum Gasteiger partial charge on any atom is -0.495 e. The van der Waals surface area contributed by atoms with E-state index in [4.69, 9.17) is 16.3 Å². The maximum absolute atomic E-state index is 11.5. The van der Waals surface area contributed by atoms with Crippen LogP contribution in [0.1, 0.15) is 6.92 Å². The fourth-order valence-corrected chi connectivity index (χ4v) is 1.38. The van der Waals surface area contributed by atoms with Gasteiger partial charge in [-0.1, -0.05) is 18.5 Å². The number of carbonyl (C=O) groups excluding carboxylic acids is 1. The van der Waals surface area contributed by atoms with Crippen molar-refractivity contribution < 1.29 is 9.53 Å². The maximum Gasteiger partial charge on any atom is 0.238 e. The zero-order valence-electron chi connectivity index (χ0n) is 9.34. The van der Waals surface area contributed by atoms with Gasteiger partial charge in [-0.25, -0.2) is 0 Å². The van der Waals surface area contributed by atoms with E-state index in [0.717, 1.165) is 6.54 Å². The molecule has 0 radical (unpaired) electrons. The Morgan fingerprint density at radius 1 is 1.50 bits per heavy atom. The third-order valence-corrected chi connectivity index (χ3v) is 2.21. The first-order chi connectivity index (χ1) is 7.67. The molecule has 0 saturated heterocycles. The number of methoxy groups -OCH3 is 1. The summed E-state index contributed by atoms with van der Waals surface area (Å²) in [4.78, 5) is 11.5. The SMILES string of the molecule is CCNCC(=O)Nc1cc(Cl)ccc1OC. The van der Waals surface area contributed by atoms with Gasteiger partial charge in [0.15, 0.2) is 0 Å². The van der Waals surface area contributed by atoms with Crippen molar-refractivity contribution in [3.05, 3.63) is 23.2 Å². The highest BCUT2D eigenvalue weighted by Gasteiger charge is 2.07. The Morgan fingerprint density at radius 3 is 2.88 bits per heavy atom. The molecule has 2 N–H and O–H groups in total. The maximum atomic E-state index is 11.5. The van der Waals surface area contributed by atoms with Crippen molar-refractivity contribution in [1.29, 1.82) is 0 Å². The molecule has 1 amide bonds. The average molecular weight is 243 g/mol. The minimum absolute atomic E-state index is 0.123. The predicted molar refractivity (Wildman–Crippen MR) is 65.2 cm³/mol. The van der Waals surface area contributed by atoms with E-state index in [1.54, 1.807) is 25.3 Å². The lowest BCUT2D eigenvalue weighted by atomic mass is 10.3. The number of likely N-dealkylation sites (N-methyl/N-ethyl adjacent to an activating group) is 1. The molecular formula is C11H15ClN2O2. The lowest BCUT2D eigenvalue weighted by Gasteiger charge is -2.10. The molecule has 5 heteroatoms. The Labute approximate surface area is 99.9 Å². The van der Waals surface area contributed by atoms with E-state index in [-0.39, 0.29) is 12.5 Å². The number of amides is 1. The van der Waals surface area contributed by atoms with Crippen LogP contribution < -0.4 is 15.4 Å². The second kappa shape index (κ2) is 6.35. The summed E-state index contributed by atoms with van der Waals surface area (Å²) in [7, 11) is 1.54. The number of rotatable bonds is 5. The molecular weight excluding hydrogens is 228 g/mol. The van der Waals surface area contributed by atoms with Crippen molar-refractivity contribution >= 4 is 23.2 Å². The molecule has 0 spiro atoms. The van der Waals surface area contributed by atoms with E-state index >= 15 is 0 Å². The quantitative estimate of drug-likeness (QED) is 0.829. The largest absolute Gasteiger partial charge is 0.495 e. The van der Waals surface area contributed by atoms with Crippen LogP contribution in [-0.4, -0.2) is 26.1 Å². The first kappa shape index (κ1) is 12.8. The number of carbonyl (C=O) groups is 1. The summed E-state index contributed by atoms with van der Waals surface area (Å²) in [5.74, 6) is 0.469. The van der Waals surface area contributed by atoms with Crippen molar-refractivity contribution in [3.8, 4) is 5.75 Å². The fraction of sp³-hybridized carbons (Fsp3) is 0.364. The van der Waals surface area contributed by atoms with Gasteiger partial charge in [-0.2, -0.15) is 0 Å². The summed E-state index contributed by atoms with van der Waals surface area (Å²) in [6.07, 6.45) is 0. The van der Waals surface area contributed by atoms with Crippen LogP contribution in [0, 0.1) is 0 Å². The minimum atomic E-state index is -0.123. The summed E-state index contributed by atoms with van der Waals surface area (Å²) in [5.41, 5.74) is 0.581. The Bertz CT molecular complexity index is 369. The van der Waals surface area contributed by atoms with Gasteiger partial charge in [0.05, 0.1) is 19.3 Å². The molecule has 0 atom stereocenters. The van der Waals surface area contributed by atoms with Crippen LogP contribution in [0.5, 0.6) is 5.75 Å². The molecule has 88 valence electrons. The monoisotopic (exact) mass is 242 g/mol. The van der Waals surface area contributed by atoms with Crippen LogP contribution in [0.2, 0.25) is 5.02 Å². The van der Waals surface area contributed by atoms with Gasteiger partial charge in [-0.05, 0) is 24.7 Å². The molecule has 0 saturated carbocycles. The molecule has 0 unspecified atom stereocenters. The topological polar surface area (TPSA) is 50.4 Å². The number of anilines is 1. The number of halogens is 1. The molecule has 4 nitrogen and oxygen atoms in total. The summed E-state index contributed by atoms with van der Waals surface area (Å²) < 4.78 is 5.11. The third kappa shape index (κ3) is 3.72. The third-order valence-electron chi connectivity index (χ3n) is 1.97. The van der Waals surface area contributed by atoms with E-state index in [9.17, 15) is 4.79 Å². The number of nitrogens with one attached hydrogen (secondary N) is 2. The van der Waals surface area contributed by atoms with Gasteiger partial charge >= 0.3 is 0 Å². The summed E-state index contributed by atoms with van der Waals surface area (Å²) in [6, 6.07) is 5.08. The molecule has 0 aromatic heterocycles. The Hall–Kier alpha value is -1.26. The molecule has 0 aliphatic carbocycles. The van der Waals surface area contributed by atoms with Crippen LogP contribution in [0.15, 0.2) is 18.2 Å². The summed E-state index contributed by atoms with van der Waals surface area (Å²) >= 11 is 5.84. The van der Waals surface area contributed by atoms with Gasteiger partial charge in [0.25, 0.3) is 0 Å². The fourth-order valence-electron chi connectivity index (χ4n) is 1.21. The Kier molecular flexibility index (Phi) is 5.08. The van der Waals surface area contributed by atoms with E-state index in [2.05, 4.69) is 10.6 Å². The van der Waals surface area contributed by atoms with Crippen molar-refractivity contribution in [2.45, 2.75) is 6.92 Å². The molecule has 0 aliphatic heterocycles. The van der Waals surface area contributed by atoms with E-state index in [1.807, 2.05) is 6.92 Å². The first-order valence-electron chi connectivity index (χ1n) is 5.01. The van der Waals surface area contributed by atoms with Gasteiger partial charge < -0.3 is 15.4 Å². The van der Waals surface area contributed by atoms with Crippen molar-refractivity contribution in [1.82, 2.24) is 5.32 Å². The summed E-state index contributed by atoms with van der Waals surface area (Å²) in [5, 5.41) is 6.22. The molecule has 1 rings (SSSR count). The molecule has 0 bridgehead atoms. The van der Waals surface area contributed by atoms with Crippen molar-refractivity contribution in [3.63, 3.8) is 0 Å². The lowest BCUT2D eigenvalue weighted by molar-refractivity contribution is -0.115. The van der Waals surface area contributed by atoms with Crippen LogP contribution in [0.4, 0.5) is 5.69 Å². The van der Waals surface area contributed by atoms with Crippen LogP contribution in [0.25, 0.3) is 0 Å². The molecule has 0 fully saturated rings. The molecule has 1 aromatic carbocycles.